The standard InChI is InChI=1S/C13H12N2O2/c1-10(16)15(11-6-3-2-4-7-11)13(17)12-8-5-9-14-12/h2-9,14H,1H3. The number of nitrogens with one attached hydrogen (secondary N) is 1. The van der Waals surface area contributed by atoms with Crippen molar-refractivity contribution in [1.82, 2.24) is 4.98 Å². The number of amides is 2. The molecule has 0 aliphatic heterocycles. The van der Waals surface area contributed by atoms with Gasteiger partial charge in [0.05, 0.1) is 5.69 Å². The lowest BCUT2D eigenvalue weighted by molar-refractivity contribution is -0.115. The Kier molecular flexibility index (Phi) is 3.05. The summed E-state index contributed by atoms with van der Waals surface area (Å²) in [6.07, 6.45) is 1.65. The quantitative estimate of drug-likeness (QED) is 0.856. The number of H-pyrrole nitrogens is 1. The fourth-order valence-electron chi connectivity index (χ4n) is 1.60. The van der Waals surface area contributed by atoms with E-state index in [0.29, 0.717) is 11.4 Å². The number of aromatic nitrogens is 1. The molecule has 17 heavy (non-hydrogen) atoms. The summed E-state index contributed by atoms with van der Waals surface area (Å²) in [7, 11) is 0. The SMILES string of the molecule is CC(=O)N(C(=O)c1ccc[nH]1)c1ccccc1. The van der Waals surface area contributed by atoms with Gasteiger partial charge in [0.2, 0.25) is 5.91 Å². The van der Waals surface area contributed by atoms with Crippen molar-refractivity contribution in [3.63, 3.8) is 0 Å². The van der Waals surface area contributed by atoms with Crippen molar-refractivity contribution in [2.24, 2.45) is 0 Å². The van der Waals surface area contributed by atoms with E-state index < -0.39 is 0 Å². The fourth-order valence-corrected chi connectivity index (χ4v) is 1.60. The van der Waals surface area contributed by atoms with Gasteiger partial charge in [-0.25, -0.2) is 4.90 Å². The van der Waals surface area contributed by atoms with Crippen LogP contribution in [0.15, 0.2) is 48.7 Å². The summed E-state index contributed by atoms with van der Waals surface area (Å²) in [5, 5.41) is 0. The second-order valence-electron chi connectivity index (χ2n) is 3.58. The first-order valence-electron chi connectivity index (χ1n) is 5.23. The van der Waals surface area contributed by atoms with E-state index in [0.717, 1.165) is 4.90 Å². The van der Waals surface area contributed by atoms with Crippen LogP contribution in [0.3, 0.4) is 0 Å². The molecule has 0 saturated carbocycles. The number of carbonyl (C=O) groups excluding carboxylic acids is 2. The Morgan fingerprint density at radius 1 is 1.06 bits per heavy atom. The maximum atomic E-state index is 12.1. The summed E-state index contributed by atoms with van der Waals surface area (Å²) in [5.41, 5.74) is 0.962. The van der Waals surface area contributed by atoms with Crippen LogP contribution in [-0.4, -0.2) is 16.8 Å². The zero-order valence-electron chi connectivity index (χ0n) is 9.38. The Labute approximate surface area is 98.9 Å². The van der Waals surface area contributed by atoms with E-state index >= 15 is 0 Å². The molecule has 2 aromatic rings. The minimum absolute atomic E-state index is 0.309. The van der Waals surface area contributed by atoms with Crippen LogP contribution in [0.1, 0.15) is 17.4 Å². The molecule has 0 fully saturated rings. The lowest BCUT2D eigenvalue weighted by atomic mass is 10.2. The molecule has 86 valence electrons. The first kappa shape index (κ1) is 11.1. The third-order valence-electron chi connectivity index (χ3n) is 2.36. The molecule has 0 bridgehead atoms. The molecule has 2 amide bonds. The summed E-state index contributed by atoms with van der Waals surface area (Å²) in [6.45, 7) is 1.37. The maximum absolute atomic E-state index is 12.1. The largest absolute Gasteiger partial charge is 0.357 e. The normalized spacial score (nSPS) is 9.94. The number of nitrogens with zero attached hydrogens (tertiary/aromatic N) is 1. The molecule has 1 N–H and O–H groups in total. The van der Waals surface area contributed by atoms with Crippen LogP contribution < -0.4 is 4.90 Å². The third-order valence-corrected chi connectivity index (χ3v) is 2.36. The van der Waals surface area contributed by atoms with Crippen molar-refractivity contribution in [1.29, 1.82) is 0 Å². The maximum Gasteiger partial charge on any atom is 0.281 e. The molecule has 0 aliphatic rings. The third kappa shape index (κ3) is 2.25. The second kappa shape index (κ2) is 4.65. The van der Waals surface area contributed by atoms with Crippen LogP contribution in [0.4, 0.5) is 5.69 Å². The van der Waals surface area contributed by atoms with Crippen LogP contribution in [0.2, 0.25) is 0 Å². The number of carbonyl (C=O) groups is 2. The van der Waals surface area contributed by atoms with Crippen LogP contribution in [0.5, 0.6) is 0 Å². The molecule has 0 radical (unpaired) electrons. The number of anilines is 1. The Morgan fingerprint density at radius 2 is 1.76 bits per heavy atom. The number of hydrogen-bond acceptors (Lipinski definition) is 2. The molecule has 0 atom stereocenters. The van der Waals surface area contributed by atoms with Crippen molar-refractivity contribution < 1.29 is 9.59 Å². The molecule has 1 heterocycles. The summed E-state index contributed by atoms with van der Waals surface area (Å²) in [4.78, 5) is 27.6. The number of para-hydroxylation sites is 1. The van der Waals surface area contributed by atoms with Gasteiger partial charge in [-0.2, -0.15) is 0 Å². The van der Waals surface area contributed by atoms with Crippen LogP contribution in [0, 0.1) is 0 Å². The van der Waals surface area contributed by atoms with Crippen molar-refractivity contribution in [3.05, 3.63) is 54.4 Å². The molecule has 0 spiro atoms. The van der Waals surface area contributed by atoms with Gasteiger partial charge in [0.25, 0.3) is 5.91 Å². The van der Waals surface area contributed by atoms with E-state index in [-0.39, 0.29) is 11.8 Å². The topological polar surface area (TPSA) is 53.2 Å². The summed E-state index contributed by atoms with van der Waals surface area (Å²) in [5.74, 6) is -0.662. The smallest absolute Gasteiger partial charge is 0.281 e. The highest BCUT2D eigenvalue weighted by Crippen LogP contribution is 2.16. The molecule has 2 rings (SSSR count). The van der Waals surface area contributed by atoms with E-state index in [1.165, 1.54) is 6.92 Å². The monoisotopic (exact) mass is 228 g/mol. The van der Waals surface area contributed by atoms with E-state index in [2.05, 4.69) is 4.98 Å². The minimum Gasteiger partial charge on any atom is -0.357 e. The second-order valence-corrected chi connectivity index (χ2v) is 3.58. The Balaban J connectivity index is 2.37. The lowest BCUT2D eigenvalue weighted by Crippen LogP contribution is -2.35. The van der Waals surface area contributed by atoms with Crippen molar-refractivity contribution in [3.8, 4) is 0 Å². The summed E-state index contributed by atoms with van der Waals surface area (Å²) >= 11 is 0. The van der Waals surface area contributed by atoms with E-state index in [1.807, 2.05) is 6.07 Å². The predicted molar refractivity (Wildman–Crippen MR) is 64.7 cm³/mol. The zero-order chi connectivity index (χ0) is 12.3. The Bertz CT molecular complexity index is 518. The highest BCUT2D eigenvalue weighted by atomic mass is 16.2. The molecule has 0 saturated heterocycles. The van der Waals surface area contributed by atoms with Gasteiger partial charge >= 0.3 is 0 Å². The Morgan fingerprint density at radius 3 is 2.29 bits per heavy atom. The van der Waals surface area contributed by atoms with Gasteiger partial charge in [-0.1, -0.05) is 18.2 Å². The van der Waals surface area contributed by atoms with Crippen molar-refractivity contribution in [2.75, 3.05) is 4.90 Å². The molecule has 4 nitrogen and oxygen atoms in total. The molecule has 4 heteroatoms. The highest BCUT2D eigenvalue weighted by Gasteiger charge is 2.21. The highest BCUT2D eigenvalue weighted by molar-refractivity contribution is 6.19. The number of imide groups is 1. The van der Waals surface area contributed by atoms with Gasteiger partial charge in [-0.15, -0.1) is 0 Å². The summed E-state index contributed by atoms with van der Waals surface area (Å²) < 4.78 is 0. The zero-order valence-corrected chi connectivity index (χ0v) is 9.38. The number of hydrogen-bond donors (Lipinski definition) is 1. The van der Waals surface area contributed by atoms with Crippen molar-refractivity contribution >= 4 is 17.5 Å². The molecular weight excluding hydrogens is 216 g/mol. The van der Waals surface area contributed by atoms with Gasteiger partial charge in [0.15, 0.2) is 0 Å². The van der Waals surface area contributed by atoms with Gasteiger partial charge < -0.3 is 4.98 Å². The number of aromatic amines is 1. The number of benzene rings is 1. The fraction of sp³-hybridized carbons (Fsp3) is 0.0769. The van der Waals surface area contributed by atoms with Gasteiger partial charge in [0.1, 0.15) is 5.69 Å². The summed E-state index contributed by atoms with van der Waals surface area (Å²) in [6, 6.07) is 12.2. The Hall–Kier alpha value is -2.36. The van der Waals surface area contributed by atoms with Gasteiger partial charge in [0, 0.05) is 13.1 Å². The predicted octanol–water partition coefficient (Wildman–Crippen LogP) is 2.21. The van der Waals surface area contributed by atoms with Crippen LogP contribution in [-0.2, 0) is 4.79 Å². The van der Waals surface area contributed by atoms with Gasteiger partial charge in [-0.05, 0) is 24.3 Å². The average Bonchev–Trinajstić information content (AvgIpc) is 2.83. The van der Waals surface area contributed by atoms with Crippen LogP contribution in [0.25, 0.3) is 0 Å². The van der Waals surface area contributed by atoms with E-state index in [1.54, 1.807) is 42.6 Å². The minimum atomic E-state index is -0.353. The molecular formula is C13H12N2O2. The molecule has 0 aliphatic carbocycles. The lowest BCUT2D eigenvalue weighted by Gasteiger charge is -2.18. The first-order chi connectivity index (χ1) is 8.20. The van der Waals surface area contributed by atoms with E-state index in [9.17, 15) is 9.59 Å². The first-order valence-corrected chi connectivity index (χ1v) is 5.23. The average molecular weight is 228 g/mol. The van der Waals surface area contributed by atoms with Crippen molar-refractivity contribution in [2.45, 2.75) is 6.92 Å². The van der Waals surface area contributed by atoms with Gasteiger partial charge in [-0.3, -0.25) is 9.59 Å². The van der Waals surface area contributed by atoms with E-state index in [4.69, 9.17) is 0 Å². The molecule has 0 unspecified atom stereocenters. The molecule has 1 aromatic heterocycles. The van der Waals surface area contributed by atoms with Crippen LogP contribution >= 0.6 is 0 Å². The molecule has 1 aromatic carbocycles. The number of rotatable bonds is 2.